The zero-order chi connectivity index (χ0) is 12.1. The summed E-state index contributed by atoms with van der Waals surface area (Å²) in [5, 5.41) is 0.568. The van der Waals surface area contributed by atoms with Crippen molar-refractivity contribution in [2.75, 3.05) is 0 Å². The first-order valence-corrected chi connectivity index (χ1v) is 7.01. The van der Waals surface area contributed by atoms with E-state index in [-0.39, 0.29) is 0 Å². The molecule has 0 fully saturated rings. The largest absolute Gasteiger partial charge is 0.245 e. The molecule has 0 bridgehead atoms. The van der Waals surface area contributed by atoms with Crippen LogP contribution in [0.5, 0.6) is 0 Å². The smallest absolute Gasteiger partial charge is 0.129 e. The Labute approximate surface area is 111 Å². The van der Waals surface area contributed by atoms with Gasteiger partial charge in [-0.3, -0.25) is 0 Å². The average molecular weight is 264 g/mol. The fourth-order valence-electron chi connectivity index (χ4n) is 1.62. The van der Waals surface area contributed by atoms with Crippen molar-refractivity contribution < 1.29 is 0 Å². The van der Waals surface area contributed by atoms with Gasteiger partial charge in [-0.15, -0.1) is 0 Å². The minimum Gasteiger partial charge on any atom is -0.245 e. The van der Waals surface area contributed by atoms with Gasteiger partial charge in [-0.1, -0.05) is 41.4 Å². The van der Waals surface area contributed by atoms with Crippen LogP contribution in [0.2, 0.25) is 5.15 Å². The Bertz CT molecular complexity index is 454. The predicted molar refractivity (Wildman–Crippen MR) is 75.4 cm³/mol. The predicted octanol–water partition coefficient (Wildman–Crippen LogP) is 4.48. The summed E-state index contributed by atoms with van der Waals surface area (Å²) in [6, 6.07) is 12.6. The van der Waals surface area contributed by atoms with Crippen LogP contribution < -0.4 is 0 Å². The van der Waals surface area contributed by atoms with Crippen molar-refractivity contribution in [3.05, 3.63) is 64.4 Å². The van der Waals surface area contributed by atoms with Gasteiger partial charge in [0.1, 0.15) is 5.15 Å². The fourth-order valence-corrected chi connectivity index (χ4v) is 2.75. The van der Waals surface area contributed by atoms with Crippen LogP contribution >= 0.6 is 23.4 Å². The second-order valence-electron chi connectivity index (χ2n) is 3.97. The molecule has 0 spiro atoms. The third-order valence-electron chi connectivity index (χ3n) is 2.41. The molecule has 0 saturated heterocycles. The van der Waals surface area contributed by atoms with Crippen molar-refractivity contribution in [3.63, 3.8) is 0 Å². The molecule has 0 amide bonds. The van der Waals surface area contributed by atoms with Crippen molar-refractivity contribution >= 4 is 23.4 Å². The highest BCUT2D eigenvalue weighted by Gasteiger charge is 1.97. The molecule has 2 aromatic rings. The number of pyridine rings is 1. The van der Waals surface area contributed by atoms with Gasteiger partial charge in [0.2, 0.25) is 0 Å². The number of thioether (sulfide) groups is 1. The van der Waals surface area contributed by atoms with Crippen molar-refractivity contribution in [3.8, 4) is 0 Å². The summed E-state index contributed by atoms with van der Waals surface area (Å²) in [6.07, 6.45) is 1.75. The molecule has 1 heterocycles. The van der Waals surface area contributed by atoms with E-state index in [1.807, 2.05) is 23.9 Å². The molecule has 1 nitrogen and oxygen atoms in total. The number of benzene rings is 1. The Hall–Kier alpha value is -0.990. The quantitative estimate of drug-likeness (QED) is 0.755. The van der Waals surface area contributed by atoms with E-state index in [2.05, 4.69) is 36.2 Å². The van der Waals surface area contributed by atoms with Crippen LogP contribution in [0.25, 0.3) is 0 Å². The molecule has 17 heavy (non-hydrogen) atoms. The molecule has 1 aromatic heterocycles. The van der Waals surface area contributed by atoms with Gasteiger partial charge in [0.15, 0.2) is 0 Å². The summed E-state index contributed by atoms with van der Waals surface area (Å²) >= 11 is 7.73. The number of hydrogen-bond donors (Lipinski definition) is 0. The zero-order valence-corrected chi connectivity index (χ0v) is 11.3. The van der Waals surface area contributed by atoms with Crippen molar-refractivity contribution in [2.24, 2.45) is 0 Å². The molecule has 0 saturated carbocycles. The molecule has 1 aromatic carbocycles. The van der Waals surface area contributed by atoms with Crippen LogP contribution in [-0.2, 0) is 11.5 Å². The molecule has 0 atom stereocenters. The Morgan fingerprint density at radius 1 is 1.12 bits per heavy atom. The van der Waals surface area contributed by atoms with Gasteiger partial charge in [0, 0.05) is 17.7 Å². The maximum Gasteiger partial charge on any atom is 0.129 e. The van der Waals surface area contributed by atoms with Crippen LogP contribution in [-0.4, -0.2) is 4.98 Å². The van der Waals surface area contributed by atoms with E-state index in [1.165, 1.54) is 16.7 Å². The summed E-state index contributed by atoms with van der Waals surface area (Å²) in [5.41, 5.74) is 3.91. The highest BCUT2D eigenvalue weighted by molar-refractivity contribution is 7.97. The summed E-state index contributed by atoms with van der Waals surface area (Å²) < 4.78 is 0. The molecule has 0 unspecified atom stereocenters. The minimum atomic E-state index is 0.568. The van der Waals surface area contributed by atoms with E-state index in [0.717, 1.165) is 11.5 Å². The van der Waals surface area contributed by atoms with E-state index in [4.69, 9.17) is 11.6 Å². The fraction of sp³-hybridized carbons (Fsp3) is 0.214. The first kappa shape index (κ1) is 12.5. The second kappa shape index (κ2) is 6.08. The molecule has 3 heteroatoms. The first-order chi connectivity index (χ1) is 8.24. The van der Waals surface area contributed by atoms with E-state index >= 15 is 0 Å². The Balaban J connectivity index is 1.87. The number of aromatic nitrogens is 1. The van der Waals surface area contributed by atoms with E-state index in [9.17, 15) is 0 Å². The van der Waals surface area contributed by atoms with Crippen molar-refractivity contribution in [2.45, 2.75) is 18.4 Å². The third-order valence-corrected chi connectivity index (χ3v) is 3.69. The number of halogens is 1. The molecule has 88 valence electrons. The molecular weight excluding hydrogens is 250 g/mol. The Morgan fingerprint density at radius 3 is 2.59 bits per heavy atom. The standard InChI is InChI=1S/C14H14ClNS/c1-11-3-2-4-12(7-11)9-17-10-13-5-6-16-14(15)8-13/h2-8H,9-10H2,1H3. The van der Waals surface area contributed by atoms with Crippen molar-refractivity contribution in [1.29, 1.82) is 0 Å². The van der Waals surface area contributed by atoms with Crippen LogP contribution in [0.1, 0.15) is 16.7 Å². The lowest BCUT2D eigenvalue weighted by Crippen LogP contribution is -1.85. The lowest BCUT2D eigenvalue weighted by molar-refractivity contribution is 1.26. The van der Waals surface area contributed by atoms with Gasteiger partial charge in [-0.25, -0.2) is 4.98 Å². The molecule has 0 aliphatic rings. The highest BCUT2D eigenvalue weighted by atomic mass is 35.5. The van der Waals surface area contributed by atoms with Gasteiger partial charge < -0.3 is 0 Å². The van der Waals surface area contributed by atoms with Gasteiger partial charge >= 0.3 is 0 Å². The number of hydrogen-bond acceptors (Lipinski definition) is 2. The van der Waals surface area contributed by atoms with E-state index in [1.54, 1.807) is 6.20 Å². The van der Waals surface area contributed by atoms with Gasteiger partial charge in [0.05, 0.1) is 0 Å². The lowest BCUT2D eigenvalue weighted by Gasteiger charge is -2.03. The van der Waals surface area contributed by atoms with E-state index in [0.29, 0.717) is 5.15 Å². The number of rotatable bonds is 4. The van der Waals surface area contributed by atoms with Crippen molar-refractivity contribution in [1.82, 2.24) is 4.98 Å². The van der Waals surface area contributed by atoms with Gasteiger partial charge in [0.25, 0.3) is 0 Å². The van der Waals surface area contributed by atoms with Crippen LogP contribution in [0.4, 0.5) is 0 Å². The summed E-state index contributed by atoms with van der Waals surface area (Å²) in [5.74, 6) is 2.00. The molecule has 0 N–H and O–H groups in total. The third kappa shape index (κ3) is 4.06. The lowest BCUT2D eigenvalue weighted by atomic mass is 10.2. The maximum absolute atomic E-state index is 5.84. The Kier molecular flexibility index (Phi) is 4.46. The molecular formula is C14H14ClNS. The minimum absolute atomic E-state index is 0.568. The maximum atomic E-state index is 5.84. The van der Waals surface area contributed by atoms with Gasteiger partial charge in [-0.2, -0.15) is 11.8 Å². The highest BCUT2D eigenvalue weighted by Crippen LogP contribution is 2.19. The summed E-state index contributed by atoms with van der Waals surface area (Å²) in [7, 11) is 0. The van der Waals surface area contributed by atoms with Crippen LogP contribution in [0.3, 0.4) is 0 Å². The zero-order valence-electron chi connectivity index (χ0n) is 9.69. The summed E-state index contributed by atoms with van der Waals surface area (Å²) in [4.78, 5) is 3.97. The second-order valence-corrected chi connectivity index (χ2v) is 5.34. The molecule has 0 aliphatic heterocycles. The SMILES string of the molecule is Cc1cccc(CSCc2ccnc(Cl)c2)c1. The normalized spacial score (nSPS) is 10.5. The van der Waals surface area contributed by atoms with E-state index < -0.39 is 0 Å². The molecule has 2 rings (SSSR count). The van der Waals surface area contributed by atoms with Crippen LogP contribution in [0.15, 0.2) is 42.6 Å². The van der Waals surface area contributed by atoms with Crippen LogP contribution in [0, 0.1) is 6.92 Å². The average Bonchev–Trinajstić information content (AvgIpc) is 2.29. The monoisotopic (exact) mass is 263 g/mol. The molecule has 0 aliphatic carbocycles. The van der Waals surface area contributed by atoms with Gasteiger partial charge in [-0.05, 0) is 30.2 Å². The topological polar surface area (TPSA) is 12.9 Å². The first-order valence-electron chi connectivity index (χ1n) is 5.48. The molecule has 0 radical (unpaired) electrons. The summed E-state index contributed by atoms with van der Waals surface area (Å²) in [6.45, 7) is 2.12. The number of nitrogens with zero attached hydrogens (tertiary/aromatic N) is 1. The Morgan fingerprint density at radius 2 is 1.88 bits per heavy atom. The number of aryl methyl sites for hydroxylation is 1.